The highest BCUT2D eigenvalue weighted by Crippen LogP contribution is 2.49. The average molecular weight is 1230 g/mol. The van der Waals surface area contributed by atoms with Crippen LogP contribution >= 0.6 is 11.8 Å². The van der Waals surface area contributed by atoms with Crippen LogP contribution in [0.5, 0.6) is 5.75 Å². The van der Waals surface area contributed by atoms with Gasteiger partial charge in [0.1, 0.15) is 23.8 Å². The Bertz CT molecular complexity index is 3660. The molecule has 3 amide bonds. The van der Waals surface area contributed by atoms with Gasteiger partial charge in [-0.3, -0.25) is 42.3 Å². The number of ketones is 1. The van der Waals surface area contributed by atoms with Crippen molar-refractivity contribution in [1.29, 1.82) is 0 Å². The average Bonchev–Trinajstić information content (AvgIpc) is 1.98. The number of imide groups is 1. The standard InChI is InChI=1S/C56H68N4O17S5/c1-37(61)27-32-78-48-36-52(63)60(54(48)64)31-28-57-51(62)14-7-6-8-29-58-46-23-21-42(81(71,72)73)34-44(46)55(2,3)49(58)25-15-38-12-11-13-39(53(38)77-40-17-19-41(20-18-40)80(68,69)70)16-26-50-56(4,5)45-35-43(82(74,75)76)22-24-47(45)59(50)30-9-10-33-79(65,66)67/h15-26,34-35,48H,6-14,27-33,36H2,1-5H3,(H4-,57,62,65,66,67,68,69,70,71,72,73,74,75,76)/p+1. The van der Waals surface area contributed by atoms with Crippen molar-refractivity contribution >= 4 is 92.8 Å². The SMILES string of the molecule is CC(=O)CCSC1CC(=O)N(CCNC(=O)CCCCC[N+]2=C(/C=C/C3=C(Oc4ccc(S(=O)(=O)O)cc4)C(=C/C=C4/N(CCCCS(=O)(=O)O)c5ccc(S(=O)(=O)O)cc5C4(C)C)/CCC3)C(C)(C)c3cc(S(=O)(=O)O)ccc32)C1=O. The van der Waals surface area contributed by atoms with E-state index < -0.39 is 62.3 Å². The van der Waals surface area contributed by atoms with E-state index in [-0.39, 0.29) is 82.8 Å². The van der Waals surface area contributed by atoms with Crippen LogP contribution in [-0.2, 0) is 70.5 Å². The van der Waals surface area contributed by atoms with E-state index in [4.69, 9.17) is 4.74 Å². The first-order valence-electron chi connectivity index (χ1n) is 26.7. The molecule has 3 aliphatic heterocycles. The molecule has 26 heteroatoms. The summed E-state index contributed by atoms with van der Waals surface area (Å²) >= 11 is 1.28. The lowest BCUT2D eigenvalue weighted by Crippen LogP contribution is -2.38. The van der Waals surface area contributed by atoms with Gasteiger partial charge in [0.05, 0.1) is 31.1 Å². The molecular weight excluding hydrogens is 1160 g/mol. The number of likely N-dealkylation sites (tertiary alicyclic amines) is 1. The van der Waals surface area contributed by atoms with Crippen molar-refractivity contribution in [2.75, 3.05) is 42.6 Å². The molecule has 4 aliphatic rings. The van der Waals surface area contributed by atoms with E-state index in [1.165, 1.54) is 67.2 Å². The van der Waals surface area contributed by atoms with Crippen LogP contribution in [0.1, 0.15) is 116 Å². The number of amides is 3. The van der Waals surface area contributed by atoms with E-state index in [0.717, 1.165) is 10.6 Å². The Balaban J connectivity index is 1.18. The van der Waals surface area contributed by atoms with Crippen LogP contribution in [0.4, 0.5) is 11.4 Å². The summed E-state index contributed by atoms with van der Waals surface area (Å²) in [6, 6.07) is 13.9. The molecule has 1 atom stereocenters. The van der Waals surface area contributed by atoms with Crippen LogP contribution in [0.2, 0.25) is 0 Å². The molecule has 0 bridgehead atoms. The monoisotopic (exact) mass is 1230 g/mol. The zero-order chi connectivity index (χ0) is 60.2. The highest BCUT2D eigenvalue weighted by molar-refractivity contribution is 8.00. The van der Waals surface area contributed by atoms with Crippen LogP contribution in [0.3, 0.4) is 0 Å². The van der Waals surface area contributed by atoms with Crippen molar-refractivity contribution in [2.45, 2.75) is 136 Å². The lowest BCUT2D eigenvalue weighted by Gasteiger charge is -2.27. The molecule has 3 aromatic rings. The third-order valence-electron chi connectivity index (χ3n) is 15.0. The van der Waals surface area contributed by atoms with Gasteiger partial charge in [-0.05, 0) is 149 Å². The van der Waals surface area contributed by atoms with Gasteiger partial charge in [-0.1, -0.05) is 19.9 Å². The number of ether oxygens (including phenoxy) is 1. The number of nitrogens with one attached hydrogen (secondary N) is 1. The highest BCUT2D eigenvalue weighted by Gasteiger charge is 2.46. The first kappa shape index (κ1) is 63.7. The van der Waals surface area contributed by atoms with Crippen molar-refractivity contribution in [3.05, 3.63) is 119 Å². The van der Waals surface area contributed by atoms with Gasteiger partial charge < -0.3 is 15.0 Å². The fraction of sp³-hybridized carbons (Fsp3) is 0.446. The van der Waals surface area contributed by atoms with Crippen molar-refractivity contribution in [2.24, 2.45) is 0 Å². The van der Waals surface area contributed by atoms with Gasteiger partial charge in [-0.25, -0.2) is 0 Å². The van der Waals surface area contributed by atoms with Crippen molar-refractivity contribution < 1.29 is 80.4 Å². The van der Waals surface area contributed by atoms with E-state index in [1.807, 2.05) is 56.9 Å². The molecule has 7 rings (SSSR count). The molecular formula is C56H69N4O17S5+. The molecule has 1 fully saturated rings. The van der Waals surface area contributed by atoms with Gasteiger partial charge in [0.2, 0.25) is 23.4 Å². The van der Waals surface area contributed by atoms with Crippen LogP contribution in [0.25, 0.3) is 0 Å². The maximum absolute atomic E-state index is 12.9. The van der Waals surface area contributed by atoms with Crippen LogP contribution < -0.4 is 15.0 Å². The summed E-state index contributed by atoms with van der Waals surface area (Å²) in [6.07, 6.45) is 11.8. The summed E-state index contributed by atoms with van der Waals surface area (Å²) in [5.74, 6) is -0.277. The van der Waals surface area contributed by atoms with Crippen molar-refractivity contribution in [3.63, 3.8) is 0 Å². The predicted octanol–water partition coefficient (Wildman–Crippen LogP) is 7.67. The lowest BCUT2D eigenvalue weighted by atomic mass is 9.81. The van der Waals surface area contributed by atoms with Gasteiger partial charge in [-0.15, -0.1) is 11.8 Å². The van der Waals surface area contributed by atoms with E-state index >= 15 is 0 Å². The van der Waals surface area contributed by atoms with E-state index in [2.05, 4.69) is 9.89 Å². The Morgan fingerprint density at radius 2 is 1.38 bits per heavy atom. The van der Waals surface area contributed by atoms with Crippen LogP contribution in [-0.4, -0.2) is 134 Å². The fourth-order valence-electron chi connectivity index (χ4n) is 10.7. The zero-order valence-electron chi connectivity index (χ0n) is 46.2. The number of unbranched alkanes of at least 4 members (excludes halogenated alkanes) is 3. The Morgan fingerprint density at radius 1 is 0.732 bits per heavy atom. The summed E-state index contributed by atoms with van der Waals surface area (Å²) < 4.78 is 145. The van der Waals surface area contributed by atoms with E-state index in [0.29, 0.717) is 109 Å². The number of anilines is 1. The van der Waals surface area contributed by atoms with E-state index in [1.54, 1.807) is 12.1 Å². The molecule has 1 unspecified atom stereocenters. The molecule has 1 aliphatic carbocycles. The number of hydrogen-bond donors (Lipinski definition) is 5. The summed E-state index contributed by atoms with van der Waals surface area (Å²) in [5.41, 5.74) is 3.69. The largest absolute Gasteiger partial charge is 0.457 e. The molecule has 444 valence electrons. The topological polar surface area (TPSA) is 317 Å². The number of hydrogen-bond acceptors (Lipinski definition) is 15. The fourth-order valence-corrected chi connectivity index (χ4v) is 13.9. The van der Waals surface area contributed by atoms with Crippen LogP contribution in [0, 0.1) is 0 Å². The second kappa shape index (κ2) is 25.6. The Hall–Kier alpha value is -5.84. The number of allylic oxidation sites excluding steroid dienone is 7. The minimum absolute atomic E-state index is 0.000990. The zero-order valence-corrected chi connectivity index (χ0v) is 50.2. The molecule has 0 aromatic heterocycles. The summed E-state index contributed by atoms with van der Waals surface area (Å²) in [4.78, 5) is 51.8. The highest BCUT2D eigenvalue weighted by atomic mass is 32.2. The maximum Gasteiger partial charge on any atom is 0.294 e. The summed E-state index contributed by atoms with van der Waals surface area (Å²) in [5, 5.41) is 2.25. The Morgan fingerprint density at radius 3 is 2.02 bits per heavy atom. The molecule has 21 nitrogen and oxygen atoms in total. The summed E-state index contributed by atoms with van der Waals surface area (Å²) in [7, 11) is -18.0. The van der Waals surface area contributed by atoms with Gasteiger partial charge in [0.25, 0.3) is 40.5 Å². The Labute approximate surface area is 483 Å². The number of carbonyl (C=O) groups excluding carboxylic acids is 4. The number of thioether (sulfide) groups is 1. The Kier molecular flexibility index (Phi) is 19.9. The quantitative estimate of drug-likeness (QED) is 0.0223. The number of carbonyl (C=O) groups is 4. The van der Waals surface area contributed by atoms with Gasteiger partial charge in [0, 0.05) is 85.6 Å². The summed E-state index contributed by atoms with van der Waals surface area (Å²) in [6.45, 7) is 9.92. The van der Waals surface area contributed by atoms with Gasteiger partial charge in [0.15, 0.2) is 5.71 Å². The predicted molar refractivity (Wildman–Crippen MR) is 309 cm³/mol. The third-order valence-corrected chi connectivity index (χ3v) is 19.6. The van der Waals surface area contributed by atoms with E-state index in [9.17, 15) is 71.1 Å². The van der Waals surface area contributed by atoms with Crippen LogP contribution in [0.15, 0.2) is 122 Å². The van der Waals surface area contributed by atoms with Gasteiger partial charge >= 0.3 is 0 Å². The molecule has 0 saturated carbocycles. The molecule has 5 N–H and O–H groups in total. The number of benzene rings is 3. The first-order chi connectivity index (χ1) is 38.3. The second-order valence-corrected chi connectivity index (χ2v) is 28.8. The number of Topliss-reactive ketones (excluding diaryl/α,β-unsaturated/α-hetero) is 1. The molecule has 1 saturated heterocycles. The smallest absolute Gasteiger partial charge is 0.294 e. The minimum Gasteiger partial charge on any atom is -0.457 e. The first-order valence-corrected chi connectivity index (χ1v) is 33.7. The van der Waals surface area contributed by atoms with Gasteiger partial charge in [-0.2, -0.15) is 38.2 Å². The molecule has 0 radical (unpaired) electrons. The molecule has 3 aromatic carbocycles. The molecule has 3 heterocycles. The lowest BCUT2D eigenvalue weighted by molar-refractivity contribution is -0.438. The number of nitrogens with zero attached hydrogens (tertiary/aromatic N) is 3. The number of fused-ring (bicyclic) bond motifs is 2. The number of rotatable bonds is 26. The normalized spacial score (nSPS) is 19.3. The van der Waals surface area contributed by atoms with Crippen molar-refractivity contribution in [1.82, 2.24) is 10.2 Å². The van der Waals surface area contributed by atoms with Crippen molar-refractivity contribution in [3.8, 4) is 5.75 Å². The molecule has 82 heavy (non-hydrogen) atoms. The molecule has 0 spiro atoms. The third kappa shape index (κ3) is 15.5. The second-order valence-electron chi connectivity index (χ2n) is 21.6. The minimum atomic E-state index is -4.59. The maximum atomic E-state index is 12.9.